The SMILES string of the molecule is O=c1cccnn1CC(O)C1CCOC1. The maximum absolute atomic E-state index is 11.3. The Labute approximate surface area is 87.3 Å². The van der Waals surface area contributed by atoms with Crippen LogP contribution in [0, 0.1) is 5.92 Å². The van der Waals surface area contributed by atoms with Crippen LogP contribution in [0.3, 0.4) is 0 Å². The van der Waals surface area contributed by atoms with Gasteiger partial charge in [-0.3, -0.25) is 4.79 Å². The molecule has 1 aromatic heterocycles. The lowest BCUT2D eigenvalue weighted by molar-refractivity contribution is 0.0735. The highest BCUT2D eigenvalue weighted by molar-refractivity contribution is 4.85. The summed E-state index contributed by atoms with van der Waals surface area (Å²) in [4.78, 5) is 11.3. The first kappa shape index (κ1) is 10.3. The van der Waals surface area contributed by atoms with Gasteiger partial charge in [-0.2, -0.15) is 5.10 Å². The molecule has 2 rings (SSSR count). The topological polar surface area (TPSA) is 64.4 Å². The van der Waals surface area contributed by atoms with Gasteiger partial charge in [-0.15, -0.1) is 0 Å². The van der Waals surface area contributed by atoms with Crippen molar-refractivity contribution in [3.8, 4) is 0 Å². The van der Waals surface area contributed by atoms with Crippen LogP contribution in [-0.4, -0.2) is 34.2 Å². The van der Waals surface area contributed by atoms with E-state index < -0.39 is 6.10 Å². The molecule has 0 radical (unpaired) electrons. The van der Waals surface area contributed by atoms with Crippen molar-refractivity contribution in [2.75, 3.05) is 13.2 Å². The number of aliphatic hydroxyl groups is 1. The van der Waals surface area contributed by atoms with Gasteiger partial charge in [0.2, 0.25) is 0 Å². The van der Waals surface area contributed by atoms with Gasteiger partial charge < -0.3 is 9.84 Å². The van der Waals surface area contributed by atoms with Gasteiger partial charge in [0.05, 0.1) is 19.3 Å². The molecule has 0 amide bonds. The number of hydrogen-bond acceptors (Lipinski definition) is 4. The van der Waals surface area contributed by atoms with E-state index in [4.69, 9.17) is 4.74 Å². The van der Waals surface area contributed by atoms with Gasteiger partial charge in [0, 0.05) is 24.8 Å². The van der Waals surface area contributed by atoms with E-state index in [0.29, 0.717) is 13.2 Å². The van der Waals surface area contributed by atoms with Crippen LogP contribution in [0.15, 0.2) is 23.1 Å². The summed E-state index contributed by atoms with van der Waals surface area (Å²) in [5, 5.41) is 13.7. The number of aliphatic hydroxyl groups excluding tert-OH is 1. The lowest BCUT2D eigenvalue weighted by atomic mass is 10.0. The molecular formula is C10H14N2O3. The Bertz CT molecular complexity index is 371. The predicted molar refractivity (Wildman–Crippen MR) is 53.4 cm³/mol. The van der Waals surface area contributed by atoms with E-state index in [9.17, 15) is 9.90 Å². The molecule has 15 heavy (non-hydrogen) atoms. The maximum atomic E-state index is 11.3. The Balaban J connectivity index is 2.02. The van der Waals surface area contributed by atoms with Crippen molar-refractivity contribution in [1.82, 2.24) is 9.78 Å². The molecule has 0 aromatic carbocycles. The molecule has 0 bridgehead atoms. The molecule has 0 spiro atoms. The van der Waals surface area contributed by atoms with Crippen molar-refractivity contribution in [3.05, 3.63) is 28.7 Å². The number of hydrogen-bond donors (Lipinski definition) is 1. The first-order valence-corrected chi connectivity index (χ1v) is 5.05. The number of rotatable bonds is 3. The lowest BCUT2D eigenvalue weighted by Gasteiger charge is -2.16. The van der Waals surface area contributed by atoms with Crippen LogP contribution in [0.5, 0.6) is 0 Å². The van der Waals surface area contributed by atoms with Crippen LogP contribution in [0.25, 0.3) is 0 Å². The second-order valence-electron chi connectivity index (χ2n) is 3.74. The average molecular weight is 210 g/mol. The van der Waals surface area contributed by atoms with Gasteiger partial charge in [-0.1, -0.05) is 0 Å². The van der Waals surface area contributed by atoms with Crippen molar-refractivity contribution in [2.24, 2.45) is 5.92 Å². The Morgan fingerprint density at radius 2 is 2.60 bits per heavy atom. The van der Waals surface area contributed by atoms with Crippen molar-refractivity contribution in [1.29, 1.82) is 0 Å². The average Bonchev–Trinajstić information content (AvgIpc) is 2.74. The second-order valence-corrected chi connectivity index (χ2v) is 3.74. The number of nitrogens with zero attached hydrogens (tertiary/aromatic N) is 2. The van der Waals surface area contributed by atoms with Gasteiger partial charge in [-0.25, -0.2) is 4.68 Å². The minimum absolute atomic E-state index is 0.124. The van der Waals surface area contributed by atoms with Crippen molar-refractivity contribution >= 4 is 0 Å². The molecule has 2 unspecified atom stereocenters. The van der Waals surface area contributed by atoms with E-state index in [-0.39, 0.29) is 18.0 Å². The van der Waals surface area contributed by atoms with E-state index >= 15 is 0 Å². The summed E-state index contributed by atoms with van der Waals surface area (Å²) in [6.07, 6.45) is 1.84. The summed E-state index contributed by atoms with van der Waals surface area (Å²) in [6, 6.07) is 3.02. The molecule has 1 aromatic rings. The summed E-state index contributed by atoms with van der Waals surface area (Å²) in [6.45, 7) is 1.51. The molecular weight excluding hydrogens is 196 g/mol. The van der Waals surface area contributed by atoms with Crippen LogP contribution < -0.4 is 5.56 Å². The van der Waals surface area contributed by atoms with Crippen molar-refractivity contribution in [3.63, 3.8) is 0 Å². The zero-order chi connectivity index (χ0) is 10.7. The second kappa shape index (κ2) is 4.55. The summed E-state index contributed by atoms with van der Waals surface area (Å²) >= 11 is 0. The van der Waals surface area contributed by atoms with Crippen molar-refractivity contribution in [2.45, 2.75) is 19.1 Å². The molecule has 1 N–H and O–H groups in total. The molecule has 0 saturated carbocycles. The fourth-order valence-corrected chi connectivity index (χ4v) is 1.71. The highest BCUT2D eigenvalue weighted by Gasteiger charge is 2.24. The van der Waals surface area contributed by atoms with Crippen LogP contribution in [0.2, 0.25) is 0 Å². The zero-order valence-electron chi connectivity index (χ0n) is 8.37. The third-order valence-electron chi connectivity index (χ3n) is 2.65. The highest BCUT2D eigenvalue weighted by Crippen LogP contribution is 2.17. The molecule has 1 saturated heterocycles. The number of ether oxygens (including phenoxy) is 1. The molecule has 1 fully saturated rings. The monoisotopic (exact) mass is 210 g/mol. The molecule has 82 valence electrons. The fraction of sp³-hybridized carbons (Fsp3) is 0.600. The van der Waals surface area contributed by atoms with E-state index in [0.717, 1.165) is 6.42 Å². The zero-order valence-corrected chi connectivity index (χ0v) is 8.37. The van der Waals surface area contributed by atoms with Crippen LogP contribution in [0.4, 0.5) is 0 Å². The van der Waals surface area contributed by atoms with Crippen molar-refractivity contribution < 1.29 is 9.84 Å². The lowest BCUT2D eigenvalue weighted by Crippen LogP contribution is -2.32. The highest BCUT2D eigenvalue weighted by atomic mass is 16.5. The quantitative estimate of drug-likeness (QED) is 0.740. The fourth-order valence-electron chi connectivity index (χ4n) is 1.71. The van der Waals surface area contributed by atoms with Crippen LogP contribution in [-0.2, 0) is 11.3 Å². The molecule has 5 nitrogen and oxygen atoms in total. The first-order chi connectivity index (χ1) is 7.27. The van der Waals surface area contributed by atoms with E-state index in [1.807, 2.05) is 0 Å². The minimum Gasteiger partial charge on any atom is -0.391 e. The summed E-state index contributed by atoms with van der Waals surface area (Å²) in [7, 11) is 0. The Morgan fingerprint density at radius 3 is 3.27 bits per heavy atom. The summed E-state index contributed by atoms with van der Waals surface area (Å²) < 4.78 is 6.46. The predicted octanol–water partition coefficient (Wildman–Crippen LogP) is -0.359. The molecule has 2 atom stereocenters. The Morgan fingerprint density at radius 1 is 1.73 bits per heavy atom. The van der Waals surface area contributed by atoms with Gasteiger partial charge in [0.1, 0.15) is 0 Å². The maximum Gasteiger partial charge on any atom is 0.266 e. The molecule has 2 heterocycles. The van der Waals surface area contributed by atoms with Crippen LogP contribution in [0.1, 0.15) is 6.42 Å². The number of aromatic nitrogens is 2. The minimum atomic E-state index is -0.555. The Hall–Kier alpha value is -1.20. The van der Waals surface area contributed by atoms with Gasteiger partial charge in [0.15, 0.2) is 0 Å². The molecule has 1 aliphatic rings. The third kappa shape index (κ3) is 2.43. The van der Waals surface area contributed by atoms with E-state index in [1.54, 1.807) is 12.3 Å². The van der Waals surface area contributed by atoms with E-state index in [2.05, 4.69) is 5.10 Å². The standard InChI is InChI=1S/C10H14N2O3/c13-9(8-3-5-15-7-8)6-12-10(14)2-1-4-11-12/h1-2,4,8-9,13H,3,5-7H2. The molecule has 1 aliphatic heterocycles. The third-order valence-corrected chi connectivity index (χ3v) is 2.65. The van der Waals surface area contributed by atoms with Gasteiger partial charge in [0.25, 0.3) is 5.56 Å². The largest absolute Gasteiger partial charge is 0.391 e. The van der Waals surface area contributed by atoms with E-state index in [1.165, 1.54) is 10.7 Å². The van der Waals surface area contributed by atoms with Crippen LogP contribution >= 0.6 is 0 Å². The molecule has 5 heteroatoms. The van der Waals surface area contributed by atoms with Gasteiger partial charge >= 0.3 is 0 Å². The van der Waals surface area contributed by atoms with Gasteiger partial charge in [-0.05, 0) is 12.5 Å². The molecule has 0 aliphatic carbocycles. The first-order valence-electron chi connectivity index (χ1n) is 5.05. The smallest absolute Gasteiger partial charge is 0.266 e. The Kier molecular flexibility index (Phi) is 3.13. The summed E-state index contributed by atoms with van der Waals surface area (Å²) in [5.41, 5.74) is -0.185. The normalized spacial score (nSPS) is 22.9. The summed E-state index contributed by atoms with van der Waals surface area (Å²) in [5.74, 6) is 0.124.